The summed E-state index contributed by atoms with van der Waals surface area (Å²) in [6, 6.07) is 12.5. The van der Waals surface area contributed by atoms with E-state index in [0.29, 0.717) is 30.1 Å². The molecule has 1 aliphatic rings. The third-order valence-corrected chi connectivity index (χ3v) is 5.18. The van der Waals surface area contributed by atoms with Crippen molar-refractivity contribution < 1.29 is 19.2 Å². The molecule has 0 radical (unpaired) electrons. The molecule has 0 bridgehead atoms. The zero-order valence-corrected chi connectivity index (χ0v) is 16.9. The van der Waals surface area contributed by atoms with Gasteiger partial charge >= 0.3 is 0 Å². The monoisotopic (exact) mass is 412 g/mol. The quantitative estimate of drug-likeness (QED) is 0.554. The number of likely N-dealkylation sites (N-methyl/N-ethyl adjacent to an activating group) is 1. The summed E-state index contributed by atoms with van der Waals surface area (Å²) in [5.41, 5.74) is 1.19. The molecule has 1 fully saturated rings. The fourth-order valence-corrected chi connectivity index (χ4v) is 3.43. The fourth-order valence-electron chi connectivity index (χ4n) is 3.43. The molecule has 1 heterocycles. The van der Waals surface area contributed by atoms with Gasteiger partial charge in [-0.2, -0.15) is 0 Å². The highest BCUT2D eigenvalue weighted by Gasteiger charge is 2.32. The lowest BCUT2D eigenvalue weighted by Crippen LogP contribution is -2.45. The Bertz CT molecular complexity index is 914. The second-order valence-electron chi connectivity index (χ2n) is 7.07. The second-order valence-corrected chi connectivity index (χ2v) is 7.07. The maximum atomic E-state index is 12.7. The SMILES string of the molecule is COc1ccc(NC(=O)C2CCCN2CC(=O)N(C)c2ccc([N+](=O)[O-])cc2)cc1. The molecule has 1 N–H and O–H groups in total. The number of amides is 2. The van der Waals surface area contributed by atoms with E-state index in [1.54, 1.807) is 38.4 Å². The highest BCUT2D eigenvalue weighted by molar-refractivity contribution is 5.97. The molecule has 1 aliphatic heterocycles. The van der Waals surface area contributed by atoms with Crippen molar-refractivity contribution in [1.29, 1.82) is 0 Å². The summed E-state index contributed by atoms with van der Waals surface area (Å²) in [5.74, 6) is 0.367. The third-order valence-electron chi connectivity index (χ3n) is 5.18. The molecule has 2 amide bonds. The summed E-state index contributed by atoms with van der Waals surface area (Å²) in [7, 11) is 3.20. The molecule has 0 spiro atoms. The van der Waals surface area contributed by atoms with Crippen LogP contribution in [-0.4, -0.2) is 54.9 Å². The summed E-state index contributed by atoms with van der Waals surface area (Å²) in [6.07, 6.45) is 1.51. The maximum absolute atomic E-state index is 12.7. The van der Waals surface area contributed by atoms with Gasteiger partial charge < -0.3 is 15.0 Å². The first kappa shape index (κ1) is 21.3. The van der Waals surface area contributed by atoms with Crippen molar-refractivity contribution >= 4 is 28.9 Å². The Hall–Kier alpha value is -3.46. The van der Waals surface area contributed by atoms with E-state index in [1.165, 1.54) is 29.2 Å². The highest BCUT2D eigenvalue weighted by atomic mass is 16.6. The largest absolute Gasteiger partial charge is 0.497 e. The summed E-state index contributed by atoms with van der Waals surface area (Å²) >= 11 is 0. The van der Waals surface area contributed by atoms with E-state index in [2.05, 4.69) is 5.32 Å². The van der Waals surface area contributed by atoms with Gasteiger partial charge in [0.15, 0.2) is 0 Å². The van der Waals surface area contributed by atoms with Crippen LogP contribution in [0, 0.1) is 10.1 Å². The highest BCUT2D eigenvalue weighted by Crippen LogP contribution is 2.22. The van der Waals surface area contributed by atoms with Crippen LogP contribution >= 0.6 is 0 Å². The predicted molar refractivity (Wildman–Crippen MR) is 113 cm³/mol. The minimum absolute atomic E-state index is 0.0330. The Kier molecular flexibility index (Phi) is 6.63. The average molecular weight is 412 g/mol. The Labute approximate surface area is 174 Å². The van der Waals surface area contributed by atoms with E-state index in [9.17, 15) is 19.7 Å². The van der Waals surface area contributed by atoms with Gasteiger partial charge in [-0.1, -0.05) is 0 Å². The van der Waals surface area contributed by atoms with Gasteiger partial charge in [0.1, 0.15) is 5.75 Å². The standard InChI is InChI=1S/C21H24N4O5/c1-23(16-7-9-17(10-8-16)25(28)29)20(26)14-24-13-3-4-19(24)21(27)22-15-5-11-18(30-2)12-6-15/h5-12,19H,3-4,13-14H2,1-2H3,(H,22,27). The Balaban J connectivity index is 1.60. The lowest BCUT2D eigenvalue weighted by atomic mass is 10.2. The lowest BCUT2D eigenvalue weighted by Gasteiger charge is -2.26. The van der Waals surface area contributed by atoms with E-state index in [0.717, 1.165) is 6.42 Å². The molecule has 9 nitrogen and oxygen atoms in total. The number of nitro groups is 1. The van der Waals surface area contributed by atoms with E-state index >= 15 is 0 Å². The van der Waals surface area contributed by atoms with Crippen LogP contribution in [0.15, 0.2) is 48.5 Å². The number of nitro benzene ring substituents is 1. The number of benzene rings is 2. The first-order valence-electron chi connectivity index (χ1n) is 9.59. The van der Waals surface area contributed by atoms with Crippen LogP contribution in [0.1, 0.15) is 12.8 Å². The van der Waals surface area contributed by atoms with Crippen molar-refractivity contribution in [2.24, 2.45) is 0 Å². The van der Waals surface area contributed by atoms with Crippen LogP contribution in [-0.2, 0) is 9.59 Å². The second kappa shape index (κ2) is 9.36. The van der Waals surface area contributed by atoms with E-state index in [4.69, 9.17) is 4.74 Å². The molecule has 1 unspecified atom stereocenters. The number of methoxy groups -OCH3 is 1. The van der Waals surface area contributed by atoms with Crippen molar-refractivity contribution in [1.82, 2.24) is 4.90 Å². The number of likely N-dealkylation sites (tertiary alicyclic amines) is 1. The molecule has 9 heteroatoms. The number of rotatable bonds is 7. The molecule has 30 heavy (non-hydrogen) atoms. The van der Waals surface area contributed by atoms with Crippen molar-refractivity contribution in [3.8, 4) is 5.75 Å². The normalized spacial score (nSPS) is 16.1. The van der Waals surface area contributed by atoms with Gasteiger partial charge in [0, 0.05) is 30.6 Å². The Morgan fingerprint density at radius 1 is 1.20 bits per heavy atom. The number of nitrogens with zero attached hydrogens (tertiary/aromatic N) is 3. The van der Waals surface area contributed by atoms with Crippen molar-refractivity contribution in [3.05, 3.63) is 58.6 Å². The number of carbonyl (C=O) groups is 2. The minimum atomic E-state index is -0.484. The smallest absolute Gasteiger partial charge is 0.269 e. The molecule has 1 atom stereocenters. The van der Waals surface area contributed by atoms with Gasteiger partial charge in [0.25, 0.3) is 5.69 Å². The molecular weight excluding hydrogens is 388 g/mol. The van der Waals surface area contributed by atoms with Gasteiger partial charge in [-0.25, -0.2) is 0 Å². The molecule has 0 aliphatic carbocycles. The number of carbonyl (C=O) groups excluding carboxylic acids is 2. The van der Waals surface area contributed by atoms with Crippen LogP contribution in [0.5, 0.6) is 5.75 Å². The summed E-state index contributed by atoms with van der Waals surface area (Å²) < 4.78 is 5.12. The number of anilines is 2. The van der Waals surface area contributed by atoms with Crippen molar-refractivity contribution in [2.45, 2.75) is 18.9 Å². The molecule has 3 rings (SSSR count). The van der Waals surface area contributed by atoms with E-state index < -0.39 is 4.92 Å². The zero-order chi connectivity index (χ0) is 21.7. The van der Waals surface area contributed by atoms with Gasteiger partial charge in [-0.15, -0.1) is 0 Å². The van der Waals surface area contributed by atoms with Crippen LogP contribution < -0.4 is 15.0 Å². The van der Waals surface area contributed by atoms with Gasteiger partial charge in [0.05, 0.1) is 24.6 Å². The average Bonchev–Trinajstić information content (AvgIpc) is 3.22. The summed E-state index contributed by atoms with van der Waals surface area (Å²) in [5, 5.41) is 13.7. The first-order chi connectivity index (χ1) is 14.4. The summed E-state index contributed by atoms with van der Waals surface area (Å²) in [6.45, 7) is 0.745. The number of hydrogen-bond donors (Lipinski definition) is 1. The molecule has 0 saturated carbocycles. The minimum Gasteiger partial charge on any atom is -0.497 e. The lowest BCUT2D eigenvalue weighted by molar-refractivity contribution is -0.384. The van der Waals surface area contributed by atoms with Crippen molar-refractivity contribution in [2.75, 3.05) is 37.5 Å². The molecular formula is C21H24N4O5. The number of ether oxygens (including phenoxy) is 1. The Morgan fingerprint density at radius 3 is 2.47 bits per heavy atom. The molecule has 158 valence electrons. The van der Waals surface area contributed by atoms with Crippen LogP contribution in [0.2, 0.25) is 0 Å². The van der Waals surface area contributed by atoms with Crippen LogP contribution in [0.3, 0.4) is 0 Å². The number of nitrogens with one attached hydrogen (secondary N) is 1. The first-order valence-corrected chi connectivity index (χ1v) is 9.59. The van der Waals surface area contributed by atoms with E-state index in [1.807, 2.05) is 4.90 Å². The molecule has 2 aromatic carbocycles. The molecule has 0 aromatic heterocycles. The van der Waals surface area contributed by atoms with Crippen molar-refractivity contribution in [3.63, 3.8) is 0 Å². The molecule has 1 saturated heterocycles. The van der Waals surface area contributed by atoms with Gasteiger partial charge in [0.2, 0.25) is 11.8 Å². The predicted octanol–water partition coefficient (Wildman–Crippen LogP) is 2.67. The fraction of sp³-hybridized carbons (Fsp3) is 0.333. The Morgan fingerprint density at radius 2 is 1.87 bits per heavy atom. The summed E-state index contributed by atoms with van der Waals surface area (Å²) in [4.78, 5) is 39.1. The topological polar surface area (TPSA) is 105 Å². The zero-order valence-electron chi connectivity index (χ0n) is 16.9. The number of hydrogen-bond acceptors (Lipinski definition) is 6. The number of non-ortho nitro benzene ring substituents is 1. The van der Waals surface area contributed by atoms with Crippen LogP contribution in [0.25, 0.3) is 0 Å². The van der Waals surface area contributed by atoms with Gasteiger partial charge in [-0.05, 0) is 55.8 Å². The third kappa shape index (κ3) is 4.93. The maximum Gasteiger partial charge on any atom is 0.269 e. The van der Waals surface area contributed by atoms with Crippen LogP contribution in [0.4, 0.5) is 17.1 Å². The van der Waals surface area contributed by atoms with E-state index in [-0.39, 0.29) is 30.1 Å². The van der Waals surface area contributed by atoms with Gasteiger partial charge in [-0.3, -0.25) is 24.6 Å². The molecule has 2 aromatic rings.